The first-order chi connectivity index (χ1) is 11.7. The Morgan fingerprint density at radius 1 is 1.33 bits per heavy atom. The zero-order valence-corrected chi connectivity index (χ0v) is 13.6. The summed E-state index contributed by atoms with van der Waals surface area (Å²) in [7, 11) is 0. The maximum absolute atomic E-state index is 12.9. The summed E-state index contributed by atoms with van der Waals surface area (Å²) in [4.78, 5) is 14.9. The molecule has 0 aliphatic carbocycles. The van der Waals surface area contributed by atoms with Gasteiger partial charge < -0.3 is 4.90 Å². The summed E-state index contributed by atoms with van der Waals surface area (Å²) in [5.74, 6) is 0.0735. The van der Waals surface area contributed by atoms with Crippen LogP contribution >= 0.6 is 0 Å². The van der Waals surface area contributed by atoms with Gasteiger partial charge in [-0.25, -0.2) is 4.68 Å². The van der Waals surface area contributed by atoms with Gasteiger partial charge in [0, 0.05) is 6.54 Å². The van der Waals surface area contributed by atoms with Crippen molar-refractivity contribution in [3.63, 3.8) is 0 Å². The summed E-state index contributed by atoms with van der Waals surface area (Å²) < 4.78 is 1.68. The van der Waals surface area contributed by atoms with Crippen molar-refractivity contribution in [1.29, 1.82) is 0 Å². The van der Waals surface area contributed by atoms with Crippen LogP contribution in [0.3, 0.4) is 0 Å². The minimum absolute atomic E-state index is 0.0727. The molecule has 24 heavy (non-hydrogen) atoms. The molecule has 0 bridgehead atoms. The Labute approximate surface area is 139 Å². The van der Waals surface area contributed by atoms with Crippen LogP contribution in [0.25, 0.3) is 11.0 Å². The standard InChI is InChI=1S/C17H20N6O/c1-12-10-18-20-17(12)15-8-4-5-9-22(15)16(24)11-23-14-7-3-2-6-13(14)19-21-23/h2-3,6-7,10,15H,4-5,8-9,11H2,1H3,(H,18,20). The Bertz CT molecular complexity index is 867. The van der Waals surface area contributed by atoms with E-state index in [1.165, 1.54) is 0 Å². The number of nitrogens with zero attached hydrogens (tertiary/aromatic N) is 5. The van der Waals surface area contributed by atoms with Crippen LogP contribution in [-0.4, -0.2) is 42.5 Å². The molecule has 7 heteroatoms. The highest BCUT2D eigenvalue weighted by molar-refractivity contribution is 5.80. The van der Waals surface area contributed by atoms with Crippen molar-refractivity contribution in [3.05, 3.63) is 41.7 Å². The normalized spacial score (nSPS) is 18.2. The molecule has 3 aromatic rings. The van der Waals surface area contributed by atoms with E-state index in [2.05, 4.69) is 20.5 Å². The number of hydrogen-bond acceptors (Lipinski definition) is 4. The van der Waals surface area contributed by atoms with Gasteiger partial charge in [-0.2, -0.15) is 5.10 Å². The van der Waals surface area contributed by atoms with Gasteiger partial charge in [0.15, 0.2) is 0 Å². The maximum atomic E-state index is 12.9. The molecular weight excluding hydrogens is 304 g/mol. The fourth-order valence-corrected chi connectivity index (χ4v) is 3.48. The van der Waals surface area contributed by atoms with E-state index in [-0.39, 0.29) is 18.5 Å². The third-order valence-electron chi connectivity index (χ3n) is 4.73. The van der Waals surface area contributed by atoms with E-state index in [9.17, 15) is 4.79 Å². The molecule has 0 saturated carbocycles. The number of nitrogens with one attached hydrogen (secondary N) is 1. The summed E-state index contributed by atoms with van der Waals surface area (Å²) in [5, 5.41) is 15.4. The highest BCUT2D eigenvalue weighted by Gasteiger charge is 2.30. The van der Waals surface area contributed by atoms with Crippen molar-refractivity contribution in [2.75, 3.05) is 6.54 Å². The molecule has 1 unspecified atom stereocenters. The number of para-hydroxylation sites is 1. The van der Waals surface area contributed by atoms with Gasteiger partial charge in [-0.3, -0.25) is 9.89 Å². The first kappa shape index (κ1) is 14.9. The number of aromatic amines is 1. The number of rotatable bonds is 3. The zero-order chi connectivity index (χ0) is 16.5. The topological polar surface area (TPSA) is 79.7 Å². The lowest BCUT2D eigenvalue weighted by Gasteiger charge is -2.35. The molecule has 1 amide bonds. The number of aromatic nitrogens is 5. The highest BCUT2D eigenvalue weighted by atomic mass is 16.2. The highest BCUT2D eigenvalue weighted by Crippen LogP contribution is 2.31. The fourth-order valence-electron chi connectivity index (χ4n) is 3.48. The van der Waals surface area contributed by atoms with Crippen LogP contribution in [0.4, 0.5) is 0 Å². The Morgan fingerprint density at radius 2 is 2.21 bits per heavy atom. The van der Waals surface area contributed by atoms with Crippen LogP contribution in [-0.2, 0) is 11.3 Å². The van der Waals surface area contributed by atoms with Crippen molar-refractivity contribution >= 4 is 16.9 Å². The lowest BCUT2D eigenvalue weighted by Crippen LogP contribution is -2.40. The molecule has 1 N–H and O–H groups in total. The molecule has 0 spiro atoms. The number of carbonyl (C=O) groups is 1. The van der Waals surface area contributed by atoms with Crippen molar-refractivity contribution in [1.82, 2.24) is 30.1 Å². The van der Waals surface area contributed by atoms with Crippen LogP contribution in [0.1, 0.15) is 36.6 Å². The average molecular weight is 324 g/mol. The molecule has 1 fully saturated rings. The number of H-pyrrole nitrogens is 1. The van der Waals surface area contributed by atoms with Gasteiger partial charge >= 0.3 is 0 Å². The second-order valence-electron chi connectivity index (χ2n) is 6.30. The number of amides is 1. The summed E-state index contributed by atoms with van der Waals surface area (Å²) >= 11 is 0. The average Bonchev–Trinajstić information content (AvgIpc) is 3.21. The summed E-state index contributed by atoms with van der Waals surface area (Å²) in [6.07, 6.45) is 4.94. The number of likely N-dealkylation sites (tertiary alicyclic amines) is 1. The third kappa shape index (κ3) is 2.55. The molecule has 1 aliphatic heterocycles. The van der Waals surface area contributed by atoms with Gasteiger partial charge in [0.05, 0.1) is 23.4 Å². The lowest BCUT2D eigenvalue weighted by molar-refractivity contribution is -0.136. The maximum Gasteiger partial charge on any atom is 0.244 e. The van der Waals surface area contributed by atoms with Gasteiger partial charge in [0.25, 0.3) is 0 Å². The molecule has 4 rings (SSSR count). The van der Waals surface area contributed by atoms with Crippen LogP contribution in [0.15, 0.2) is 30.5 Å². The van der Waals surface area contributed by atoms with E-state index in [0.29, 0.717) is 0 Å². The monoisotopic (exact) mass is 324 g/mol. The largest absolute Gasteiger partial charge is 0.332 e. The van der Waals surface area contributed by atoms with Crippen molar-refractivity contribution < 1.29 is 4.79 Å². The Hall–Kier alpha value is -2.70. The van der Waals surface area contributed by atoms with Gasteiger partial charge in [-0.1, -0.05) is 17.3 Å². The molecule has 1 saturated heterocycles. The molecule has 1 aliphatic rings. The number of carbonyl (C=O) groups excluding carboxylic acids is 1. The van der Waals surface area contributed by atoms with Crippen molar-refractivity contribution in [3.8, 4) is 0 Å². The molecule has 3 heterocycles. The van der Waals surface area contributed by atoms with Crippen LogP contribution < -0.4 is 0 Å². The molecule has 7 nitrogen and oxygen atoms in total. The lowest BCUT2D eigenvalue weighted by atomic mass is 9.97. The molecule has 2 aromatic heterocycles. The fraction of sp³-hybridized carbons (Fsp3) is 0.412. The smallest absolute Gasteiger partial charge is 0.244 e. The second kappa shape index (κ2) is 6.07. The van der Waals surface area contributed by atoms with Crippen LogP contribution in [0.5, 0.6) is 0 Å². The Morgan fingerprint density at radius 3 is 3.04 bits per heavy atom. The first-order valence-corrected chi connectivity index (χ1v) is 8.31. The quantitative estimate of drug-likeness (QED) is 0.801. The van der Waals surface area contributed by atoms with Gasteiger partial charge in [-0.05, 0) is 43.9 Å². The number of fused-ring (bicyclic) bond motifs is 1. The number of aryl methyl sites for hydroxylation is 1. The number of piperidine rings is 1. The van der Waals surface area contributed by atoms with Gasteiger partial charge in [0.2, 0.25) is 5.91 Å². The predicted octanol–water partition coefficient (Wildman–Crippen LogP) is 2.22. The van der Waals surface area contributed by atoms with E-state index in [1.54, 1.807) is 4.68 Å². The Balaban J connectivity index is 1.59. The summed E-state index contributed by atoms with van der Waals surface area (Å²) in [6, 6.07) is 7.77. The van der Waals surface area contributed by atoms with Crippen LogP contribution in [0, 0.1) is 6.92 Å². The van der Waals surface area contributed by atoms with E-state index in [4.69, 9.17) is 0 Å². The molecule has 124 valence electrons. The van der Waals surface area contributed by atoms with E-state index < -0.39 is 0 Å². The first-order valence-electron chi connectivity index (χ1n) is 8.31. The van der Waals surface area contributed by atoms with E-state index in [1.807, 2.05) is 42.3 Å². The van der Waals surface area contributed by atoms with Crippen molar-refractivity contribution in [2.45, 2.75) is 38.8 Å². The second-order valence-corrected chi connectivity index (χ2v) is 6.30. The molecule has 0 radical (unpaired) electrons. The summed E-state index contributed by atoms with van der Waals surface area (Å²) in [6.45, 7) is 3.01. The molecular formula is C17H20N6O. The minimum atomic E-state index is 0.0727. The molecule has 1 aromatic carbocycles. The predicted molar refractivity (Wildman–Crippen MR) is 89.2 cm³/mol. The van der Waals surface area contributed by atoms with Gasteiger partial charge in [0.1, 0.15) is 12.1 Å². The minimum Gasteiger partial charge on any atom is -0.332 e. The zero-order valence-electron chi connectivity index (χ0n) is 13.6. The van der Waals surface area contributed by atoms with Gasteiger partial charge in [-0.15, -0.1) is 5.10 Å². The number of benzene rings is 1. The van der Waals surface area contributed by atoms with Crippen LogP contribution in [0.2, 0.25) is 0 Å². The molecule has 1 atom stereocenters. The third-order valence-corrected chi connectivity index (χ3v) is 4.73. The van der Waals surface area contributed by atoms with E-state index in [0.717, 1.165) is 48.1 Å². The van der Waals surface area contributed by atoms with Crippen molar-refractivity contribution in [2.24, 2.45) is 0 Å². The summed E-state index contributed by atoms with van der Waals surface area (Å²) in [5.41, 5.74) is 3.85. The SMILES string of the molecule is Cc1cn[nH]c1C1CCCCN1C(=O)Cn1nnc2ccccc21. The number of hydrogen-bond donors (Lipinski definition) is 1. The Kier molecular flexibility index (Phi) is 3.76. The van der Waals surface area contributed by atoms with E-state index >= 15 is 0 Å².